The highest BCUT2D eigenvalue weighted by molar-refractivity contribution is 7.64. The number of alkyl halides is 1. The van der Waals surface area contributed by atoms with E-state index in [2.05, 4.69) is 15.3 Å². The van der Waals surface area contributed by atoms with E-state index in [9.17, 15) is 14.7 Å². The lowest BCUT2D eigenvalue weighted by molar-refractivity contribution is -0.384. The number of benzene rings is 3. The van der Waals surface area contributed by atoms with Crippen LogP contribution in [-0.4, -0.2) is 11.5 Å². The minimum absolute atomic E-state index is 0.0248. The van der Waals surface area contributed by atoms with E-state index in [-0.39, 0.29) is 12.2 Å². The number of nitrogens with zero attached hydrogens (tertiary/aromatic N) is 1. The Morgan fingerprint density at radius 1 is 0.968 bits per heavy atom. The molecular formula is C21H21Cl2N4O3P. The fourth-order valence-corrected chi connectivity index (χ4v) is 5.08. The van der Waals surface area contributed by atoms with Crippen molar-refractivity contribution in [3.05, 3.63) is 99.6 Å². The fraction of sp³-hybridized carbons (Fsp3) is 0.143. The van der Waals surface area contributed by atoms with E-state index in [4.69, 9.17) is 23.2 Å². The summed E-state index contributed by atoms with van der Waals surface area (Å²) in [7, 11) is -3.43. The summed E-state index contributed by atoms with van der Waals surface area (Å²) in [5, 5.41) is 20.4. The molecule has 0 bridgehead atoms. The molecule has 0 fully saturated rings. The Labute approximate surface area is 190 Å². The number of non-ortho nitro benzene ring substituents is 1. The Kier molecular flexibility index (Phi) is 7.23. The van der Waals surface area contributed by atoms with Crippen LogP contribution in [0.15, 0.2) is 78.9 Å². The van der Waals surface area contributed by atoms with E-state index in [1.165, 1.54) is 12.1 Å². The van der Waals surface area contributed by atoms with Crippen molar-refractivity contribution in [1.29, 1.82) is 0 Å². The van der Waals surface area contributed by atoms with Gasteiger partial charge in [0.15, 0.2) is 0 Å². The summed E-state index contributed by atoms with van der Waals surface area (Å²) >= 11 is 12.8. The molecule has 162 valence electrons. The Morgan fingerprint density at radius 2 is 1.58 bits per heavy atom. The van der Waals surface area contributed by atoms with Crippen molar-refractivity contribution in [1.82, 2.24) is 5.09 Å². The maximum absolute atomic E-state index is 13.8. The molecule has 0 aliphatic heterocycles. The lowest BCUT2D eigenvalue weighted by Crippen LogP contribution is -2.32. The molecule has 7 nitrogen and oxygen atoms in total. The van der Waals surface area contributed by atoms with Crippen LogP contribution in [0, 0.1) is 10.1 Å². The van der Waals surface area contributed by atoms with Crippen LogP contribution in [-0.2, 0) is 9.44 Å². The summed E-state index contributed by atoms with van der Waals surface area (Å²) in [5.74, 6) is 0. The van der Waals surface area contributed by atoms with Crippen LogP contribution in [0.25, 0.3) is 0 Å². The minimum Gasteiger partial charge on any atom is -0.308 e. The highest BCUT2D eigenvalue weighted by atomic mass is 35.5. The van der Waals surface area contributed by atoms with E-state index in [0.717, 1.165) is 0 Å². The molecule has 0 amide bonds. The van der Waals surface area contributed by atoms with Crippen LogP contribution < -0.4 is 15.3 Å². The van der Waals surface area contributed by atoms with Gasteiger partial charge in [0.05, 0.1) is 9.80 Å². The monoisotopic (exact) mass is 478 g/mol. The Hall–Kier alpha value is -2.57. The maximum atomic E-state index is 13.8. The fourth-order valence-electron chi connectivity index (χ4n) is 2.83. The van der Waals surface area contributed by atoms with Gasteiger partial charge in [-0.25, -0.2) is 5.09 Å². The summed E-state index contributed by atoms with van der Waals surface area (Å²) in [6.07, 6.45) is 0. The zero-order chi connectivity index (χ0) is 22.5. The molecule has 10 heteroatoms. The lowest BCUT2D eigenvalue weighted by atomic mass is 10.0. The molecule has 2 atom stereocenters. The number of nitro groups is 1. The van der Waals surface area contributed by atoms with Gasteiger partial charge in [-0.05, 0) is 42.8 Å². The molecule has 0 saturated heterocycles. The normalized spacial score (nSPS) is 14.8. The van der Waals surface area contributed by atoms with E-state index >= 15 is 0 Å². The summed E-state index contributed by atoms with van der Waals surface area (Å²) < 4.78 is 13.8. The first kappa shape index (κ1) is 23.1. The van der Waals surface area contributed by atoms with Crippen LogP contribution in [0.4, 0.5) is 17.1 Å². The third kappa shape index (κ3) is 6.45. The van der Waals surface area contributed by atoms with E-state index in [0.29, 0.717) is 22.0 Å². The summed E-state index contributed by atoms with van der Waals surface area (Å²) in [6.45, 7) is 1.85. The number of hydrogen-bond donors (Lipinski definition) is 3. The van der Waals surface area contributed by atoms with Crippen LogP contribution in [0.3, 0.4) is 0 Å². The number of para-hydroxylation sites is 1. The van der Waals surface area contributed by atoms with Gasteiger partial charge in [-0.15, -0.1) is 11.6 Å². The second-order valence-corrected chi connectivity index (χ2v) is 10.3. The molecule has 2 unspecified atom stereocenters. The van der Waals surface area contributed by atoms with E-state index in [1.807, 2.05) is 18.2 Å². The predicted molar refractivity (Wildman–Crippen MR) is 127 cm³/mol. The second-order valence-electron chi connectivity index (χ2n) is 7.05. The summed E-state index contributed by atoms with van der Waals surface area (Å²) in [5.41, 5.74) is 1.85. The zero-order valence-electron chi connectivity index (χ0n) is 16.6. The number of nitro benzene ring substituents is 1. The van der Waals surface area contributed by atoms with Crippen LogP contribution in [0.2, 0.25) is 5.02 Å². The average molecular weight is 479 g/mol. The van der Waals surface area contributed by atoms with Crippen molar-refractivity contribution in [3.8, 4) is 0 Å². The molecule has 3 aromatic carbocycles. The average Bonchev–Trinajstić information content (AvgIpc) is 2.73. The van der Waals surface area contributed by atoms with Crippen molar-refractivity contribution < 1.29 is 9.49 Å². The van der Waals surface area contributed by atoms with Crippen molar-refractivity contribution in [2.45, 2.75) is 11.8 Å². The molecule has 0 saturated carbocycles. The first-order valence-electron chi connectivity index (χ1n) is 9.33. The minimum atomic E-state index is -3.43. The van der Waals surface area contributed by atoms with Gasteiger partial charge >= 0.3 is 7.59 Å². The lowest BCUT2D eigenvalue weighted by Gasteiger charge is -2.29. The quantitative estimate of drug-likeness (QED) is 0.138. The molecule has 0 heterocycles. The number of hydrogen-bond acceptors (Lipinski definition) is 3. The van der Waals surface area contributed by atoms with Crippen LogP contribution in [0.1, 0.15) is 12.5 Å². The molecule has 0 aliphatic carbocycles. The smallest absolute Gasteiger partial charge is 0.308 e. The van der Waals surface area contributed by atoms with Gasteiger partial charge in [-0.3, -0.25) is 14.7 Å². The maximum Gasteiger partial charge on any atom is 0.328 e. The highest BCUT2D eigenvalue weighted by Crippen LogP contribution is 2.43. The molecule has 0 aromatic heterocycles. The van der Waals surface area contributed by atoms with Gasteiger partial charge in [-0.2, -0.15) is 0 Å². The van der Waals surface area contributed by atoms with Gasteiger partial charge < -0.3 is 10.2 Å². The summed E-state index contributed by atoms with van der Waals surface area (Å²) in [6, 6.07) is 22.0. The van der Waals surface area contributed by atoms with Gasteiger partial charge in [-0.1, -0.05) is 48.0 Å². The molecule has 3 aromatic rings. The molecular weight excluding hydrogens is 458 g/mol. The highest BCUT2D eigenvalue weighted by Gasteiger charge is 2.30. The predicted octanol–water partition coefficient (Wildman–Crippen LogP) is 6.62. The Morgan fingerprint density at radius 3 is 2.19 bits per heavy atom. The van der Waals surface area contributed by atoms with Crippen molar-refractivity contribution >= 4 is 47.9 Å². The Bertz CT molecular complexity index is 1100. The standard InChI is InChI=1S/C21H21Cl2N4O3P/c1-21(23,16-10-12-20(13-11-16)27(28)29)15-24-31(30,25-18-7-3-2-4-8-18)26-19-9-5-6-17(22)14-19/h2-14H,15H2,1H3,(H3,24,25,26,30). The van der Waals surface area contributed by atoms with Crippen molar-refractivity contribution in [2.75, 3.05) is 16.7 Å². The molecule has 3 rings (SSSR count). The zero-order valence-corrected chi connectivity index (χ0v) is 19.0. The van der Waals surface area contributed by atoms with Crippen molar-refractivity contribution in [2.24, 2.45) is 0 Å². The first-order chi connectivity index (χ1) is 14.7. The third-order valence-corrected chi connectivity index (χ3v) is 6.82. The first-order valence-corrected chi connectivity index (χ1v) is 11.8. The number of nitrogens with one attached hydrogen (secondary N) is 3. The largest absolute Gasteiger partial charge is 0.328 e. The molecule has 0 aliphatic rings. The number of anilines is 2. The number of rotatable bonds is 9. The third-order valence-electron chi connectivity index (χ3n) is 4.49. The van der Waals surface area contributed by atoms with Crippen LogP contribution >= 0.6 is 30.8 Å². The van der Waals surface area contributed by atoms with Gasteiger partial charge in [0, 0.05) is 35.1 Å². The molecule has 31 heavy (non-hydrogen) atoms. The number of halogens is 2. The molecule has 0 radical (unpaired) electrons. The van der Waals surface area contributed by atoms with Crippen molar-refractivity contribution in [3.63, 3.8) is 0 Å². The SMILES string of the molecule is CC(Cl)(CNP(=O)(Nc1ccccc1)Nc1cccc(Cl)c1)c1ccc([N+](=O)[O-])cc1. The topological polar surface area (TPSA) is 96.3 Å². The second kappa shape index (κ2) is 9.71. The Balaban J connectivity index is 1.81. The van der Waals surface area contributed by atoms with Gasteiger partial charge in [0.1, 0.15) is 0 Å². The van der Waals surface area contributed by atoms with Crippen LogP contribution in [0.5, 0.6) is 0 Å². The molecule has 0 spiro atoms. The van der Waals surface area contributed by atoms with E-state index < -0.39 is 17.4 Å². The van der Waals surface area contributed by atoms with Gasteiger partial charge in [0.2, 0.25) is 0 Å². The van der Waals surface area contributed by atoms with Gasteiger partial charge in [0.25, 0.3) is 5.69 Å². The van der Waals surface area contributed by atoms with E-state index in [1.54, 1.807) is 55.5 Å². The molecule has 3 N–H and O–H groups in total. The summed E-state index contributed by atoms with van der Waals surface area (Å²) in [4.78, 5) is 9.44.